The second-order valence-corrected chi connectivity index (χ2v) is 6.38. The Balaban J connectivity index is 1.99. The van der Waals surface area contributed by atoms with Crippen LogP contribution in [0.3, 0.4) is 0 Å². The molecule has 0 N–H and O–H groups in total. The van der Waals surface area contributed by atoms with Gasteiger partial charge in [-0.15, -0.1) is 11.3 Å². The van der Waals surface area contributed by atoms with E-state index in [0.717, 1.165) is 41.6 Å². The van der Waals surface area contributed by atoms with Gasteiger partial charge in [0.25, 0.3) is 5.91 Å². The molecule has 1 aliphatic rings. The zero-order chi connectivity index (χ0) is 14.5. The number of carbonyl (C=O) groups excluding carboxylic acids is 1. The highest BCUT2D eigenvalue weighted by atomic mass is 32.1. The van der Waals surface area contributed by atoms with Crippen LogP contribution in [-0.2, 0) is 6.42 Å². The van der Waals surface area contributed by atoms with Crippen molar-refractivity contribution in [2.45, 2.75) is 40.0 Å². The maximum Gasteiger partial charge on any atom is 0.265 e. The summed E-state index contributed by atoms with van der Waals surface area (Å²) >= 11 is 1.58. The van der Waals surface area contributed by atoms with Crippen molar-refractivity contribution in [1.82, 2.24) is 14.8 Å². The summed E-state index contributed by atoms with van der Waals surface area (Å²) in [6.45, 7) is 11.0. The second kappa shape index (κ2) is 7.18. The van der Waals surface area contributed by atoms with E-state index in [4.69, 9.17) is 0 Å². The molecule has 0 bridgehead atoms. The molecule has 0 saturated carbocycles. The first-order chi connectivity index (χ1) is 9.65. The van der Waals surface area contributed by atoms with Gasteiger partial charge in [-0.25, -0.2) is 4.98 Å². The van der Waals surface area contributed by atoms with Crippen LogP contribution in [0, 0.1) is 6.92 Å². The molecule has 1 amide bonds. The quantitative estimate of drug-likeness (QED) is 0.809. The van der Waals surface area contributed by atoms with Gasteiger partial charge in [-0.3, -0.25) is 4.79 Å². The number of aryl methyl sites for hydroxylation is 1. The average Bonchev–Trinajstić information content (AvgIpc) is 3.07. The molecule has 1 aromatic heterocycles. The van der Waals surface area contributed by atoms with E-state index in [0.29, 0.717) is 0 Å². The highest BCUT2D eigenvalue weighted by Gasteiger charge is 2.20. The number of carbonyl (C=O) groups is 1. The van der Waals surface area contributed by atoms with Crippen molar-refractivity contribution < 1.29 is 4.79 Å². The molecule has 0 aliphatic carbocycles. The molecule has 2 heterocycles. The first-order valence-electron chi connectivity index (χ1n) is 7.63. The minimum atomic E-state index is 0.137. The van der Waals surface area contributed by atoms with E-state index < -0.39 is 0 Å². The predicted octanol–water partition coefficient (Wildman–Crippen LogP) is 2.57. The molecule has 5 heteroatoms. The van der Waals surface area contributed by atoms with Gasteiger partial charge >= 0.3 is 0 Å². The fourth-order valence-electron chi connectivity index (χ4n) is 2.67. The fraction of sp³-hybridized carbons (Fsp3) is 0.733. The Morgan fingerprint density at radius 3 is 2.55 bits per heavy atom. The Kier molecular flexibility index (Phi) is 5.54. The molecule has 0 atom stereocenters. The van der Waals surface area contributed by atoms with E-state index in [-0.39, 0.29) is 5.91 Å². The van der Waals surface area contributed by atoms with Crippen LogP contribution in [0.1, 0.15) is 47.1 Å². The number of likely N-dealkylation sites (tertiary alicyclic amines) is 1. The van der Waals surface area contributed by atoms with Gasteiger partial charge in [0.15, 0.2) is 0 Å². The van der Waals surface area contributed by atoms with E-state index in [1.165, 1.54) is 25.9 Å². The van der Waals surface area contributed by atoms with Gasteiger partial charge in [0.1, 0.15) is 4.88 Å². The largest absolute Gasteiger partial charge is 0.338 e. The van der Waals surface area contributed by atoms with E-state index in [2.05, 4.69) is 9.88 Å². The topological polar surface area (TPSA) is 36.4 Å². The van der Waals surface area contributed by atoms with Crippen LogP contribution in [0.2, 0.25) is 0 Å². The van der Waals surface area contributed by atoms with Crippen molar-refractivity contribution >= 4 is 17.2 Å². The zero-order valence-electron chi connectivity index (χ0n) is 12.8. The Morgan fingerprint density at radius 2 is 1.95 bits per heavy atom. The molecule has 112 valence electrons. The van der Waals surface area contributed by atoms with Gasteiger partial charge < -0.3 is 9.80 Å². The average molecular weight is 295 g/mol. The third-order valence-electron chi connectivity index (χ3n) is 3.93. The summed E-state index contributed by atoms with van der Waals surface area (Å²) < 4.78 is 0. The highest BCUT2D eigenvalue weighted by molar-refractivity contribution is 7.13. The molecule has 0 spiro atoms. The van der Waals surface area contributed by atoms with Crippen LogP contribution in [0.25, 0.3) is 0 Å². The number of rotatable bonds is 6. The van der Waals surface area contributed by atoms with E-state index in [9.17, 15) is 4.79 Å². The lowest BCUT2D eigenvalue weighted by Gasteiger charge is -2.17. The van der Waals surface area contributed by atoms with Gasteiger partial charge in [0, 0.05) is 26.1 Å². The molecule has 4 nitrogen and oxygen atoms in total. The summed E-state index contributed by atoms with van der Waals surface area (Å²) in [7, 11) is 0. The molecule has 2 rings (SSSR count). The van der Waals surface area contributed by atoms with Crippen molar-refractivity contribution in [3.63, 3.8) is 0 Å². The Hall–Kier alpha value is -0.940. The maximum atomic E-state index is 12.4. The smallest absolute Gasteiger partial charge is 0.265 e. The molecule has 0 unspecified atom stereocenters. The number of hydrogen-bond acceptors (Lipinski definition) is 4. The summed E-state index contributed by atoms with van der Waals surface area (Å²) in [6, 6.07) is 0. The summed E-state index contributed by atoms with van der Waals surface area (Å²) in [5, 5.41) is 1.10. The maximum absolute atomic E-state index is 12.4. The van der Waals surface area contributed by atoms with Crippen molar-refractivity contribution in [3.05, 3.63) is 15.6 Å². The van der Waals surface area contributed by atoms with Gasteiger partial charge in [-0.2, -0.15) is 0 Å². The molecule has 20 heavy (non-hydrogen) atoms. The Labute approximate surface area is 125 Å². The molecule has 0 radical (unpaired) electrons. The van der Waals surface area contributed by atoms with Crippen LogP contribution >= 0.6 is 11.3 Å². The molecule has 1 aliphatic heterocycles. The van der Waals surface area contributed by atoms with Crippen LogP contribution in [0.15, 0.2) is 0 Å². The van der Waals surface area contributed by atoms with Crippen molar-refractivity contribution in [2.75, 3.05) is 32.7 Å². The standard InChI is InChI=1S/C15H25N3OS/c1-4-18(5-2)15(19)14-12(3)16-13(20-14)8-11-17-9-6-7-10-17/h4-11H2,1-3H3. The van der Waals surface area contributed by atoms with Crippen LogP contribution in [0.4, 0.5) is 0 Å². The lowest BCUT2D eigenvalue weighted by atomic mass is 10.3. The first-order valence-corrected chi connectivity index (χ1v) is 8.45. The number of nitrogens with zero attached hydrogens (tertiary/aromatic N) is 3. The first kappa shape index (κ1) is 15.4. The van der Waals surface area contributed by atoms with Gasteiger partial charge in [-0.05, 0) is 46.7 Å². The second-order valence-electron chi connectivity index (χ2n) is 5.30. The van der Waals surface area contributed by atoms with Crippen LogP contribution < -0.4 is 0 Å². The third-order valence-corrected chi connectivity index (χ3v) is 5.13. The summed E-state index contributed by atoms with van der Waals surface area (Å²) in [6.07, 6.45) is 3.61. The third kappa shape index (κ3) is 3.58. The summed E-state index contributed by atoms with van der Waals surface area (Å²) in [5.74, 6) is 0.137. The van der Waals surface area contributed by atoms with Gasteiger partial charge in [0.2, 0.25) is 0 Å². The van der Waals surface area contributed by atoms with Gasteiger partial charge in [0.05, 0.1) is 10.7 Å². The molecule has 0 aromatic carbocycles. The Morgan fingerprint density at radius 1 is 1.30 bits per heavy atom. The molecule has 1 aromatic rings. The molecular formula is C15H25N3OS. The molecule has 1 saturated heterocycles. The monoisotopic (exact) mass is 295 g/mol. The molecule has 1 fully saturated rings. The SMILES string of the molecule is CCN(CC)C(=O)c1sc(CCN2CCCC2)nc1C. The zero-order valence-corrected chi connectivity index (χ0v) is 13.6. The number of aromatic nitrogens is 1. The molecular weight excluding hydrogens is 270 g/mol. The van der Waals surface area contributed by atoms with E-state index in [1.807, 2.05) is 25.7 Å². The predicted molar refractivity (Wildman–Crippen MR) is 83.5 cm³/mol. The summed E-state index contributed by atoms with van der Waals surface area (Å²) in [4.78, 5) is 22.2. The van der Waals surface area contributed by atoms with Crippen molar-refractivity contribution in [3.8, 4) is 0 Å². The fourth-order valence-corrected chi connectivity index (χ4v) is 3.69. The number of thiazole rings is 1. The summed E-state index contributed by atoms with van der Waals surface area (Å²) in [5.41, 5.74) is 0.892. The van der Waals surface area contributed by atoms with Crippen molar-refractivity contribution in [1.29, 1.82) is 0 Å². The van der Waals surface area contributed by atoms with Crippen LogP contribution in [0.5, 0.6) is 0 Å². The van der Waals surface area contributed by atoms with Crippen molar-refractivity contribution in [2.24, 2.45) is 0 Å². The Bertz CT molecular complexity index is 448. The minimum absolute atomic E-state index is 0.137. The van der Waals surface area contributed by atoms with E-state index in [1.54, 1.807) is 11.3 Å². The highest BCUT2D eigenvalue weighted by Crippen LogP contribution is 2.21. The lowest BCUT2D eigenvalue weighted by Crippen LogP contribution is -2.30. The normalized spacial score (nSPS) is 15.8. The minimum Gasteiger partial charge on any atom is -0.338 e. The van der Waals surface area contributed by atoms with Crippen LogP contribution in [-0.4, -0.2) is 53.4 Å². The van der Waals surface area contributed by atoms with E-state index >= 15 is 0 Å². The van der Waals surface area contributed by atoms with Gasteiger partial charge in [-0.1, -0.05) is 0 Å². The lowest BCUT2D eigenvalue weighted by molar-refractivity contribution is 0.0777. The number of amides is 1. The number of hydrogen-bond donors (Lipinski definition) is 0.